The van der Waals surface area contributed by atoms with Crippen molar-refractivity contribution in [1.29, 1.82) is 0 Å². The number of aliphatic hydroxyl groups is 1. The van der Waals surface area contributed by atoms with Crippen LogP contribution >= 0.6 is 0 Å². The predicted molar refractivity (Wildman–Crippen MR) is 55.0 cm³/mol. The molecular formula is C11H13NO2. The van der Waals surface area contributed by atoms with Gasteiger partial charge in [-0.05, 0) is 24.6 Å². The number of hydrogen-bond donors (Lipinski definition) is 1. The Balaban J connectivity index is 2.78. The number of ketones is 1. The molecule has 0 spiro atoms. The Morgan fingerprint density at radius 3 is 3.00 bits per heavy atom. The van der Waals surface area contributed by atoms with Crippen molar-refractivity contribution in [1.82, 2.24) is 4.98 Å². The van der Waals surface area contributed by atoms with Crippen LogP contribution in [0.3, 0.4) is 0 Å². The summed E-state index contributed by atoms with van der Waals surface area (Å²) in [4.78, 5) is 15.1. The summed E-state index contributed by atoms with van der Waals surface area (Å²) in [5.41, 5.74) is 1.21. The van der Waals surface area contributed by atoms with E-state index in [4.69, 9.17) is 5.11 Å². The molecule has 0 radical (unpaired) electrons. The van der Waals surface area contributed by atoms with Gasteiger partial charge in [0, 0.05) is 13.5 Å². The van der Waals surface area contributed by atoms with Crippen LogP contribution < -0.4 is 0 Å². The van der Waals surface area contributed by atoms with Crippen LogP contribution in [0, 0.1) is 0 Å². The highest BCUT2D eigenvalue weighted by Crippen LogP contribution is 2.02. The zero-order valence-electron chi connectivity index (χ0n) is 8.10. The van der Waals surface area contributed by atoms with Gasteiger partial charge in [-0.1, -0.05) is 12.1 Å². The van der Waals surface area contributed by atoms with Gasteiger partial charge in [-0.3, -0.25) is 4.79 Å². The number of aliphatic hydroxyl groups excluding tert-OH is 1. The topological polar surface area (TPSA) is 50.2 Å². The van der Waals surface area contributed by atoms with E-state index >= 15 is 0 Å². The lowest BCUT2D eigenvalue weighted by Gasteiger charge is -1.96. The molecule has 1 N–H and O–H groups in total. The number of carbonyl (C=O) groups is 1. The quantitative estimate of drug-likeness (QED) is 0.736. The smallest absolute Gasteiger partial charge is 0.178 e. The van der Waals surface area contributed by atoms with Crippen molar-refractivity contribution in [3.8, 4) is 0 Å². The summed E-state index contributed by atoms with van der Waals surface area (Å²) in [6.45, 7) is 1.62. The molecule has 0 aromatic carbocycles. The van der Waals surface area contributed by atoms with Gasteiger partial charge in [-0.25, -0.2) is 4.98 Å². The van der Waals surface area contributed by atoms with Crippen LogP contribution in [-0.2, 0) is 0 Å². The fourth-order valence-corrected chi connectivity index (χ4v) is 1.02. The number of pyridine rings is 1. The Labute approximate surface area is 83.1 Å². The molecule has 0 unspecified atom stereocenters. The molecule has 1 aromatic heterocycles. The summed E-state index contributed by atoms with van der Waals surface area (Å²) < 4.78 is 0. The summed E-state index contributed by atoms with van der Waals surface area (Å²) in [6, 6.07) is 5.30. The number of hydrogen-bond acceptors (Lipinski definition) is 3. The van der Waals surface area contributed by atoms with Crippen molar-refractivity contribution >= 4 is 11.9 Å². The molecule has 1 aromatic rings. The molecule has 14 heavy (non-hydrogen) atoms. The zero-order valence-corrected chi connectivity index (χ0v) is 8.10. The number of nitrogens with zero attached hydrogens (tertiary/aromatic N) is 1. The Morgan fingerprint density at radius 2 is 2.36 bits per heavy atom. The van der Waals surface area contributed by atoms with Crippen molar-refractivity contribution in [3.63, 3.8) is 0 Å². The van der Waals surface area contributed by atoms with Crippen molar-refractivity contribution in [3.05, 3.63) is 35.7 Å². The van der Waals surface area contributed by atoms with Gasteiger partial charge < -0.3 is 5.11 Å². The van der Waals surface area contributed by atoms with Crippen LogP contribution in [-0.4, -0.2) is 22.5 Å². The van der Waals surface area contributed by atoms with E-state index in [1.54, 1.807) is 18.2 Å². The third kappa shape index (κ3) is 3.11. The molecule has 0 atom stereocenters. The lowest BCUT2D eigenvalue weighted by Crippen LogP contribution is -1.96. The molecule has 1 rings (SSSR count). The van der Waals surface area contributed by atoms with E-state index in [-0.39, 0.29) is 12.4 Å². The van der Waals surface area contributed by atoms with E-state index in [1.165, 1.54) is 6.92 Å². The van der Waals surface area contributed by atoms with Gasteiger partial charge in [0.1, 0.15) is 5.69 Å². The standard InChI is InChI=1S/C11H13NO2/c1-9(14)11-7-4-6-10(12-11)5-2-3-8-13/h2,4-7,13H,3,8H2,1H3. The van der Waals surface area contributed by atoms with Gasteiger partial charge in [0.25, 0.3) is 0 Å². The zero-order chi connectivity index (χ0) is 10.4. The Morgan fingerprint density at radius 1 is 1.57 bits per heavy atom. The van der Waals surface area contributed by atoms with Crippen molar-refractivity contribution in [2.45, 2.75) is 13.3 Å². The first-order valence-electron chi connectivity index (χ1n) is 4.49. The molecule has 0 amide bonds. The van der Waals surface area contributed by atoms with Crippen LogP contribution in [0.2, 0.25) is 0 Å². The fourth-order valence-electron chi connectivity index (χ4n) is 1.02. The second kappa shape index (κ2) is 5.29. The van der Waals surface area contributed by atoms with Gasteiger partial charge in [-0.15, -0.1) is 0 Å². The van der Waals surface area contributed by atoms with Crippen LogP contribution in [0.25, 0.3) is 6.08 Å². The third-order valence-corrected chi connectivity index (χ3v) is 1.72. The summed E-state index contributed by atoms with van der Waals surface area (Å²) in [5, 5.41) is 8.56. The number of Topliss-reactive ketones (excluding diaryl/α,β-unsaturated/α-hetero) is 1. The minimum Gasteiger partial charge on any atom is -0.396 e. The van der Waals surface area contributed by atoms with Crippen LogP contribution in [0.15, 0.2) is 24.3 Å². The number of carbonyl (C=O) groups excluding carboxylic acids is 1. The van der Waals surface area contributed by atoms with Crippen LogP contribution in [0.5, 0.6) is 0 Å². The second-order valence-corrected chi connectivity index (χ2v) is 2.92. The SMILES string of the molecule is CC(=O)c1cccc(C=CCCO)n1. The maximum absolute atomic E-state index is 11.0. The normalized spacial score (nSPS) is 10.7. The molecule has 3 nitrogen and oxygen atoms in total. The molecule has 0 saturated carbocycles. The number of rotatable bonds is 4. The molecule has 0 aliphatic rings. The van der Waals surface area contributed by atoms with Crippen LogP contribution in [0.4, 0.5) is 0 Å². The highest BCUT2D eigenvalue weighted by atomic mass is 16.2. The molecule has 0 aliphatic heterocycles. The Kier molecular flexibility index (Phi) is 4.01. The third-order valence-electron chi connectivity index (χ3n) is 1.72. The highest BCUT2D eigenvalue weighted by molar-refractivity contribution is 5.92. The van der Waals surface area contributed by atoms with E-state index in [0.29, 0.717) is 12.1 Å². The lowest BCUT2D eigenvalue weighted by molar-refractivity contribution is 0.101. The van der Waals surface area contributed by atoms with E-state index in [0.717, 1.165) is 5.69 Å². The van der Waals surface area contributed by atoms with Gasteiger partial charge in [-0.2, -0.15) is 0 Å². The largest absolute Gasteiger partial charge is 0.396 e. The molecular weight excluding hydrogens is 178 g/mol. The number of aromatic nitrogens is 1. The van der Waals surface area contributed by atoms with Crippen molar-refractivity contribution < 1.29 is 9.90 Å². The van der Waals surface area contributed by atoms with E-state index < -0.39 is 0 Å². The highest BCUT2D eigenvalue weighted by Gasteiger charge is 1.99. The fraction of sp³-hybridized carbons (Fsp3) is 0.273. The molecule has 0 bridgehead atoms. The Hall–Kier alpha value is -1.48. The average molecular weight is 191 g/mol. The molecule has 3 heteroatoms. The first-order chi connectivity index (χ1) is 6.74. The minimum absolute atomic E-state index is 0.0394. The summed E-state index contributed by atoms with van der Waals surface area (Å²) >= 11 is 0. The van der Waals surface area contributed by atoms with Crippen molar-refractivity contribution in [2.24, 2.45) is 0 Å². The van der Waals surface area contributed by atoms with Gasteiger partial charge in [0.05, 0.1) is 5.69 Å². The van der Waals surface area contributed by atoms with Crippen LogP contribution in [0.1, 0.15) is 29.5 Å². The first-order valence-corrected chi connectivity index (χ1v) is 4.49. The van der Waals surface area contributed by atoms with E-state index in [1.807, 2.05) is 12.1 Å². The van der Waals surface area contributed by atoms with E-state index in [2.05, 4.69) is 4.98 Å². The monoisotopic (exact) mass is 191 g/mol. The summed E-state index contributed by atoms with van der Waals surface area (Å²) in [7, 11) is 0. The maximum atomic E-state index is 11.0. The average Bonchev–Trinajstić information content (AvgIpc) is 2.19. The Bertz CT molecular complexity index is 345. The van der Waals surface area contributed by atoms with Gasteiger partial charge in [0.2, 0.25) is 0 Å². The van der Waals surface area contributed by atoms with Gasteiger partial charge >= 0.3 is 0 Å². The molecule has 0 fully saturated rings. The van der Waals surface area contributed by atoms with Crippen molar-refractivity contribution in [2.75, 3.05) is 6.61 Å². The first kappa shape index (κ1) is 10.6. The summed E-state index contributed by atoms with van der Waals surface area (Å²) in [6.07, 6.45) is 4.22. The lowest BCUT2D eigenvalue weighted by atomic mass is 10.2. The molecule has 0 aliphatic carbocycles. The molecule has 74 valence electrons. The summed E-state index contributed by atoms with van der Waals surface area (Å²) in [5.74, 6) is -0.0394. The second-order valence-electron chi connectivity index (χ2n) is 2.92. The molecule has 1 heterocycles. The molecule has 0 saturated heterocycles. The van der Waals surface area contributed by atoms with E-state index in [9.17, 15) is 4.79 Å². The maximum Gasteiger partial charge on any atom is 0.178 e. The van der Waals surface area contributed by atoms with Gasteiger partial charge in [0.15, 0.2) is 5.78 Å². The minimum atomic E-state index is -0.0394. The predicted octanol–water partition coefficient (Wildman–Crippen LogP) is 1.68.